The van der Waals surface area contributed by atoms with Crippen LogP contribution in [0.1, 0.15) is 38.6 Å². The largest absolute Gasteiger partial charge is 0.478 e. The first-order chi connectivity index (χ1) is 13.1. The molecule has 1 aliphatic rings. The highest BCUT2D eigenvalue weighted by molar-refractivity contribution is 7.18. The number of rotatable bonds is 6. The lowest BCUT2D eigenvalue weighted by Crippen LogP contribution is -2.26. The van der Waals surface area contributed by atoms with Crippen LogP contribution < -0.4 is 5.56 Å². The summed E-state index contributed by atoms with van der Waals surface area (Å²) >= 11 is 1.64. The molecule has 0 unspecified atom stereocenters. The first-order valence-corrected chi connectivity index (χ1v) is 9.75. The smallest absolute Gasteiger partial charge is 0.335 e. The molecule has 0 aliphatic heterocycles. The van der Waals surface area contributed by atoms with Gasteiger partial charge < -0.3 is 9.84 Å². The van der Waals surface area contributed by atoms with Crippen LogP contribution in [0.2, 0.25) is 0 Å². The summed E-state index contributed by atoms with van der Waals surface area (Å²) in [4.78, 5) is 31.3. The van der Waals surface area contributed by atoms with E-state index in [4.69, 9.17) is 14.8 Å². The maximum Gasteiger partial charge on any atom is 0.335 e. The molecule has 0 fully saturated rings. The van der Waals surface area contributed by atoms with Crippen LogP contribution in [0.3, 0.4) is 0 Å². The predicted molar refractivity (Wildman–Crippen MR) is 104 cm³/mol. The molecule has 27 heavy (non-hydrogen) atoms. The monoisotopic (exact) mass is 384 g/mol. The summed E-state index contributed by atoms with van der Waals surface area (Å²) in [6.45, 7) is 0.854. The molecule has 0 saturated heterocycles. The summed E-state index contributed by atoms with van der Waals surface area (Å²) in [7, 11) is 1.63. The van der Waals surface area contributed by atoms with Crippen LogP contribution in [0, 0.1) is 0 Å². The van der Waals surface area contributed by atoms with Crippen molar-refractivity contribution in [2.45, 2.75) is 32.2 Å². The molecule has 4 rings (SSSR count). The Morgan fingerprint density at radius 3 is 2.78 bits per heavy atom. The fraction of sp³-hybridized carbons (Fsp3) is 0.350. The molecule has 2 heterocycles. The Morgan fingerprint density at radius 2 is 2.07 bits per heavy atom. The molecule has 0 saturated carbocycles. The average molecular weight is 384 g/mol. The lowest BCUT2D eigenvalue weighted by Gasteiger charge is -2.13. The number of methoxy groups -OCH3 is 1. The molecule has 1 aromatic carbocycles. The number of benzene rings is 1. The van der Waals surface area contributed by atoms with Gasteiger partial charge in [0.2, 0.25) is 0 Å². The van der Waals surface area contributed by atoms with E-state index in [0.717, 1.165) is 35.0 Å². The van der Waals surface area contributed by atoms with Crippen LogP contribution in [0.5, 0.6) is 0 Å². The third-order valence-electron chi connectivity index (χ3n) is 4.98. The van der Waals surface area contributed by atoms with Crippen LogP contribution >= 0.6 is 11.3 Å². The number of carboxylic acid groups (broad SMARTS) is 1. The predicted octanol–water partition coefficient (Wildman–Crippen LogP) is 2.88. The van der Waals surface area contributed by atoms with Gasteiger partial charge in [-0.1, -0.05) is 12.1 Å². The lowest BCUT2D eigenvalue weighted by atomic mass is 10.1. The molecule has 140 valence electrons. The van der Waals surface area contributed by atoms with E-state index in [1.165, 1.54) is 10.4 Å². The lowest BCUT2D eigenvalue weighted by molar-refractivity contribution is 0.0697. The van der Waals surface area contributed by atoms with Gasteiger partial charge in [0.05, 0.1) is 24.1 Å². The first-order valence-electron chi connectivity index (χ1n) is 8.93. The van der Waals surface area contributed by atoms with Crippen molar-refractivity contribution in [3.63, 3.8) is 0 Å². The minimum atomic E-state index is -0.962. The Kier molecular flexibility index (Phi) is 4.80. The number of aryl methyl sites for hydroxylation is 2. The van der Waals surface area contributed by atoms with E-state index < -0.39 is 5.97 Å². The van der Waals surface area contributed by atoms with Crippen LogP contribution in [-0.2, 0) is 30.5 Å². The zero-order valence-electron chi connectivity index (χ0n) is 15.0. The Labute approximate surface area is 160 Å². The van der Waals surface area contributed by atoms with Gasteiger partial charge in [-0.25, -0.2) is 9.78 Å². The number of hydrogen-bond donors (Lipinski definition) is 1. The zero-order chi connectivity index (χ0) is 19.0. The van der Waals surface area contributed by atoms with E-state index >= 15 is 0 Å². The maximum atomic E-state index is 13.3. The summed E-state index contributed by atoms with van der Waals surface area (Å²) in [6, 6.07) is 6.62. The number of hydrogen-bond acceptors (Lipinski definition) is 5. The van der Waals surface area contributed by atoms with Crippen molar-refractivity contribution in [2.24, 2.45) is 0 Å². The van der Waals surface area contributed by atoms with Crippen LogP contribution in [0.4, 0.5) is 0 Å². The van der Waals surface area contributed by atoms with Crippen molar-refractivity contribution in [1.82, 2.24) is 9.55 Å². The van der Waals surface area contributed by atoms with Gasteiger partial charge in [0, 0.05) is 18.4 Å². The molecule has 1 aliphatic carbocycles. The van der Waals surface area contributed by atoms with Gasteiger partial charge in [-0.15, -0.1) is 11.3 Å². The van der Waals surface area contributed by atoms with Crippen molar-refractivity contribution in [3.05, 3.63) is 62.0 Å². The Morgan fingerprint density at radius 1 is 1.30 bits per heavy atom. The number of ether oxygens (including phenoxy) is 1. The Hall–Kier alpha value is -2.51. The van der Waals surface area contributed by atoms with Crippen LogP contribution in [0.25, 0.3) is 10.2 Å². The molecule has 3 aromatic rings. The minimum Gasteiger partial charge on any atom is -0.478 e. The summed E-state index contributed by atoms with van der Waals surface area (Å²) in [5.74, 6) is -0.256. The molecule has 2 aromatic heterocycles. The number of nitrogens with zero attached hydrogens (tertiary/aromatic N) is 2. The number of aromatic carboxylic acids is 1. The molecule has 0 radical (unpaired) electrons. The second-order valence-corrected chi connectivity index (χ2v) is 7.79. The summed E-state index contributed by atoms with van der Waals surface area (Å²) in [6.07, 6.45) is 3.62. The molecule has 1 N–H and O–H groups in total. The van der Waals surface area contributed by atoms with E-state index in [1.807, 2.05) is 0 Å². The molecule has 0 spiro atoms. The van der Waals surface area contributed by atoms with Gasteiger partial charge in [-0.05, 0) is 42.5 Å². The summed E-state index contributed by atoms with van der Waals surface area (Å²) < 4.78 is 6.90. The third-order valence-corrected chi connectivity index (χ3v) is 6.16. The summed E-state index contributed by atoms with van der Waals surface area (Å²) in [5.41, 5.74) is 2.26. The minimum absolute atomic E-state index is 0.00665. The van der Waals surface area contributed by atoms with Gasteiger partial charge >= 0.3 is 5.97 Å². The molecule has 6 nitrogen and oxygen atoms in total. The molecule has 0 atom stereocenters. The van der Waals surface area contributed by atoms with Crippen molar-refractivity contribution >= 4 is 27.5 Å². The van der Waals surface area contributed by atoms with Crippen molar-refractivity contribution in [1.29, 1.82) is 0 Å². The Balaban J connectivity index is 1.80. The number of carboxylic acids is 1. The number of thiophene rings is 1. The highest BCUT2D eigenvalue weighted by Crippen LogP contribution is 2.34. The molecule has 7 heteroatoms. The number of fused-ring (bicyclic) bond motifs is 3. The standard InChI is InChI=1S/C20H20N2O4S/c1-26-10-9-16-21-18-17(14-3-2-4-15(14)27-18)19(23)22(16)11-12-5-7-13(8-6-12)20(24)25/h5-8H,2-4,9-11H2,1H3,(H,24,25). The summed E-state index contributed by atoms with van der Waals surface area (Å²) in [5, 5.41) is 9.82. The highest BCUT2D eigenvalue weighted by Gasteiger charge is 2.23. The van der Waals surface area contributed by atoms with Crippen LogP contribution in [-0.4, -0.2) is 34.3 Å². The van der Waals surface area contributed by atoms with Crippen molar-refractivity contribution in [3.8, 4) is 0 Å². The number of aromatic nitrogens is 2. The van der Waals surface area contributed by atoms with Crippen LogP contribution in [0.15, 0.2) is 29.1 Å². The van der Waals surface area contributed by atoms with Gasteiger partial charge in [-0.2, -0.15) is 0 Å². The van der Waals surface area contributed by atoms with Gasteiger partial charge in [0.1, 0.15) is 10.7 Å². The highest BCUT2D eigenvalue weighted by atomic mass is 32.1. The topological polar surface area (TPSA) is 81.4 Å². The Bertz CT molecular complexity index is 1070. The average Bonchev–Trinajstić information content (AvgIpc) is 3.23. The third kappa shape index (κ3) is 3.28. The fourth-order valence-corrected chi connectivity index (χ4v) is 4.87. The second kappa shape index (κ2) is 7.25. The fourth-order valence-electron chi connectivity index (χ4n) is 3.60. The normalized spacial score (nSPS) is 13.2. The van der Waals surface area contributed by atoms with Crippen molar-refractivity contribution in [2.75, 3.05) is 13.7 Å². The second-order valence-electron chi connectivity index (χ2n) is 6.70. The van der Waals surface area contributed by atoms with Gasteiger partial charge in [0.25, 0.3) is 5.56 Å². The van der Waals surface area contributed by atoms with E-state index in [9.17, 15) is 9.59 Å². The van der Waals surface area contributed by atoms with E-state index in [2.05, 4.69) is 0 Å². The molecule has 0 amide bonds. The SMILES string of the molecule is COCCc1nc2sc3c(c2c(=O)n1Cc1ccc(C(=O)O)cc1)CCC3. The molecular formula is C20H20N2O4S. The first kappa shape index (κ1) is 17.9. The van der Waals surface area contributed by atoms with E-state index in [0.29, 0.717) is 25.4 Å². The number of carbonyl (C=O) groups is 1. The maximum absolute atomic E-state index is 13.3. The van der Waals surface area contributed by atoms with E-state index in [1.54, 1.807) is 47.3 Å². The van der Waals surface area contributed by atoms with E-state index in [-0.39, 0.29) is 11.1 Å². The molecular weight excluding hydrogens is 364 g/mol. The quantitative estimate of drug-likeness (QED) is 0.707. The molecule has 0 bridgehead atoms. The van der Waals surface area contributed by atoms with Gasteiger partial charge in [0.15, 0.2) is 0 Å². The zero-order valence-corrected chi connectivity index (χ0v) is 15.8. The van der Waals surface area contributed by atoms with Gasteiger partial charge in [-0.3, -0.25) is 9.36 Å². The van der Waals surface area contributed by atoms with Crippen molar-refractivity contribution < 1.29 is 14.6 Å².